The van der Waals surface area contributed by atoms with Crippen LogP contribution in [0.15, 0.2) is 60.8 Å². The number of hydrogen-bond acceptors (Lipinski definition) is 4. The first kappa shape index (κ1) is 21.4. The summed E-state index contributed by atoms with van der Waals surface area (Å²) in [6.07, 6.45) is 1.51. The van der Waals surface area contributed by atoms with Crippen molar-refractivity contribution in [1.29, 1.82) is 0 Å². The van der Waals surface area contributed by atoms with Crippen molar-refractivity contribution in [3.63, 3.8) is 0 Å². The molecule has 0 radical (unpaired) electrons. The third-order valence-electron chi connectivity index (χ3n) is 4.27. The molecule has 0 saturated carbocycles. The minimum absolute atomic E-state index is 0.157. The number of carbonyl (C=O) groups excluding carboxylic acids is 2. The van der Waals surface area contributed by atoms with Gasteiger partial charge in [0.05, 0.1) is 24.4 Å². The lowest BCUT2D eigenvalue weighted by Gasteiger charge is -2.07. The number of aromatic nitrogens is 2. The Kier molecular flexibility index (Phi) is 7.45. The van der Waals surface area contributed by atoms with Crippen molar-refractivity contribution in [2.45, 2.75) is 13.3 Å². The highest BCUT2D eigenvalue weighted by Crippen LogP contribution is 2.25. The van der Waals surface area contributed by atoms with Crippen molar-refractivity contribution in [3.05, 3.63) is 71.4 Å². The van der Waals surface area contributed by atoms with Crippen molar-refractivity contribution in [3.8, 4) is 16.9 Å². The van der Waals surface area contributed by atoms with Crippen LogP contribution in [0.2, 0.25) is 5.02 Å². The minimum atomic E-state index is -0.499. The average Bonchev–Trinajstić information content (AvgIpc) is 3.16. The SMILES string of the molecule is CCOC(=O)NCCNC(=O)Cc1cn(-c2ccccc2)nc1-c1ccc(Cl)cc1. The van der Waals surface area contributed by atoms with Crippen molar-refractivity contribution < 1.29 is 14.3 Å². The van der Waals surface area contributed by atoms with Gasteiger partial charge in [-0.3, -0.25) is 4.79 Å². The predicted molar refractivity (Wildman–Crippen MR) is 116 cm³/mol. The molecule has 0 atom stereocenters. The van der Waals surface area contributed by atoms with Crippen LogP contribution in [0.1, 0.15) is 12.5 Å². The molecule has 2 aromatic carbocycles. The van der Waals surface area contributed by atoms with Gasteiger partial charge < -0.3 is 15.4 Å². The van der Waals surface area contributed by atoms with Crippen molar-refractivity contribution in [2.24, 2.45) is 0 Å². The first-order chi connectivity index (χ1) is 14.6. The molecule has 156 valence electrons. The Morgan fingerprint density at radius 2 is 1.73 bits per heavy atom. The Labute approximate surface area is 180 Å². The smallest absolute Gasteiger partial charge is 0.407 e. The molecule has 0 fully saturated rings. The number of nitrogens with zero attached hydrogens (tertiary/aromatic N) is 2. The molecule has 0 spiro atoms. The van der Waals surface area contributed by atoms with Gasteiger partial charge in [0.2, 0.25) is 5.91 Å². The van der Waals surface area contributed by atoms with Gasteiger partial charge >= 0.3 is 6.09 Å². The third-order valence-corrected chi connectivity index (χ3v) is 4.52. The maximum absolute atomic E-state index is 12.5. The van der Waals surface area contributed by atoms with E-state index in [1.807, 2.05) is 48.7 Å². The topological polar surface area (TPSA) is 85.3 Å². The summed E-state index contributed by atoms with van der Waals surface area (Å²) in [5.74, 6) is -0.163. The highest BCUT2D eigenvalue weighted by Gasteiger charge is 2.15. The molecule has 0 bridgehead atoms. The number of amides is 2. The summed E-state index contributed by atoms with van der Waals surface area (Å²) < 4.78 is 6.54. The number of alkyl carbamates (subject to hydrolysis) is 1. The number of ether oxygens (including phenoxy) is 1. The molecule has 0 aliphatic rings. The average molecular weight is 427 g/mol. The summed E-state index contributed by atoms with van der Waals surface area (Å²) in [4.78, 5) is 23.7. The molecule has 0 aliphatic carbocycles. The molecule has 2 amide bonds. The van der Waals surface area contributed by atoms with Crippen LogP contribution in [0.5, 0.6) is 0 Å². The second-order valence-electron chi connectivity index (χ2n) is 6.46. The van der Waals surface area contributed by atoms with E-state index in [2.05, 4.69) is 10.6 Å². The van der Waals surface area contributed by atoms with E-state index in [1.165, 1.54) is 0 Å². The molecule has 7 nitrogen and oxygen atoms in total. The summed E-state index contributed by atoms with van der Waals surface area (Å²) in [5.41, 5.74) is 3.28. The van der Waals surface area contributed by atoms with Gasteiger partial charge in [-0.15, -0.1) is 0 Å². The summed E-state index contributed by atoms with van der Waals surface area (Å²) in [6.45, 7) is 2.63. The van der Waals surface area contributed by atoms with Gasteiger partial charge in [-0.25, -0.2) is 9.48 Å². The highest BCUT2D eigenvalue weighted by atomic mass is 35.5. The minimum Gasteiger partial charge on any atom is -0.450 e. The van der Waals surface area contributed by atoms with Crippen LogP contribution >= 0.6 is 11.6 Å². The van der Waals surface area contributed by atoms with Gasteiger partial charge in [-0.1, -0.05) is 41.9 Å². The van der Waals surface area contributed by atoms with E-state index in [1.54, 1.807) is 23.7 Å². The normalized spacial score (nSPS) is 10.5. The molecule has 1 aromatic heterocycles. The summed E-state index contributed by atoms with van der Waals surface area (Å²) >= 11 is 6.01. The van der Waals surface area contributed by atoms with Crippen LogP contribution in [-0.2, 0) is 16.0 Å². The summed E-state index contributed by atoms with van der Waals surface area (Å²) in [7, 11) is 0. The maximum Gasteiger partial charge on any atom is 0.407 e. The van der Waals surface area contributed by atoms with Crippen molar-refractivity contribution in [1.82, 2.24) is 20.4 Å². The van der Waals surface area contributed by atoms with Crippen LogP contribution in [-0.4, -0.2) is 41.5 Å². The molecule has 2 N–H and O–H groups in total. The predicted octanol–water partition coefficient (Wildman–Crippen LogP) is 3.60. The van der Waals surface area contributed by atoms with Crippen molar-refractivity contribution in [2.75, 3.05) is 19.7 Å². The maximum atomic E-state index is 12.5. The highest BCUT2D eigenvalue weighted by molar-refractivity contribution is 6.30. The van der Waals surface area contributed by atoms with E-state index in [0.717, 1.165) is 22.5 Å². The van der Waals surface area contributed by atoms with Gasteiger partial charge in [0.1, 0.15) is 0 Å². The fourth-order valence-corrected chi connectivity index (χ4v) is 3.01. The molecular weight excluding hydrogens is 404 g/mol. The number of benzene rings is 2. The van der Waals surface area contributed by atoms with Gasteiger partial charge in [0.15, 0.2) is 0 Å². The second kappa shape index (κ2) is 10.5. The van der Waals surface area contributed by atoms with E-state index in [4.69, 9.17) is 21.4 Å². The zero-order valence-electron chi connectivity index (χ0n) is 16.6. The largest absolute Gasteiger partial charge is 0.450 e. The first-order valence-electron chi connectivity index (χ1n) is 9.64. The fraction of sp³-hybridized carbons (Fsp3) is 0.227. The number of carbonyl (C=O) groups is 2. The zero-order chi connectivity index (χ0) is 21.3. The molecule has 0 saturated heterocycles. The van der Waals surface area contributed by atoms with Gasteiger partial charge in [-0.05, 0) is 31.2 Å². The van der Waals surface area contributed by atoms with Crippen LogP contribution in [0.4, 0.5) is 4.79 Å². The molecule has 0 unspecified atom stereocenters. The molecule has 30 heavy (non-hydrogen) atoms. The van der Waals surface area contributed by atoms with E-state index in [9.17, 15) is 9.59 Å². The lowest BCUT2D eigenvalue weighted by molar-refractivity contribution is -0.120. The van der Waals surface area contributed by atoms with Crippen LogP contribution in [0.25, 0.3) is 16.9 Å². The van der Waals surface area contributed by atoms with E-state index in [0.29, 0.717) is 18.2 Å². The number of para-hydroxylation sites is 1. The fourth-order valence-electron chi connectivity index (χ4n) is 2.89. The number of hydrogen-bond donors (Lipinski definition) is 2. The Bertz CT molecular complexity index is 987. The summed E-state index contributed by atoms with van der Waals surface area (Å²) in [6, 6.07) is 17.0. The number of halogens is 1. The Hall–Kier alpha value is -3.32. The number of rotatable bonds is 8. The van der Waals surface area contributed by atoms with E-state index >= 15 is 0 Å². The Balaban J connectivity index is 1.72. The lowest BCUT2D eigenvalue weighted by atomic mass is 10.1. The molecule has 3 aromatic rings. The van der Waals surface area contributed by atoms with Crippen LogP contribution in [0, 0.1) is 0 Å². The number of nitrogens with one attached hydrogen (secondary N) is 2. The van der Waals surface area contributed by atoms with Crippen molar-refractivity contribution >= 4 is 23.6 Å². The molecule has 0 aliphatic heterocycles. The third kappa shape index (κ3) is 5.84. The second-order valence-corrected chi connectivity index (χ2v) is 6.90. The quantitative estimate of drug-likeness (QED) is 0.539. The van der Waals surface area contributed by atoms with Gasteiger partial charge in [-0.2, -0.15) is 5.10 Å². The van der Waals surface area contributed by atoms with Crippen LogP contribution in [0.3, 0.4) is 0 Å². The van der Waals surface area contributed by atoms with Gasteiger partial charge in [0.25, 0.3) is 0 Å². The standard InChI is InChI=1S/C22H23ClN4O3/c1-2-30-22(29)25-13-12-24-20(28)14-17-15-27(19-6-4-3-5-7-19)26-21(17)16-8-10-18(23)11-9-16/h3-11,15H,2,12-14H2,1H3,(H,24,28)(H,25,29). The van der Waals surface area contributed by atoms with E-state index < -0.39 is 6.09 Å². The zero-order valence-corrected chi connectivity index (χ0v) is 17.4. The Morgan fingerprint density at radius 1 is 1.03 bits per heavy atom. The lowest BCUT2D eigenvalue weighted by Crippen LogP contribution is -2.35. The first-order valence-corrected chi connectivity index (χ1v) is 10.0. The monoisotopic (exact) mass is 426 g/mol. The summed E-state index contributed by atoms with van der Waals surface area (Å²) in [5, 5.41) is 10.7. The molecule has 1 heterocycles. The molecule has 8 heteroatoms. The molecule has 3 rings (SSSR count). The van der Waals surface area contributed by atoms with E-state index in [-0.39, 0.29) is 18.9 Å². The Morgan fingerprint density at radius 3 is 2.43 bits per heavy atom. The van der Waals surface area contributed by atoms with Gasteiger partial charge in [0, 0.05) is 35.4 Å². The molecular formula is C22H23ClN4O3. The van der Waals surface area contributed by atoms with Crippen LogP contribution < -0.4 is 10.6 Å².